The number of rotatable bonds is 4. The Morgan fingerprint density at radius 2 is 1.95 bits per heavy atom. The molecule has 0 aliphatic carbocycles. The van der Waals surface area contributed by atoms with Gasteiger partial charge in [-0.1, -0.05) is 30.3 Å². The molecule has 0 saturated heterocycles. The summed E-state index contributed by atoms with van der Waals surface area (Å²) in [6, 6.07) is 9.29. The van der Waals surface area contributed by atoms with Gasteiger partial charge in [-0.2, -0.15) is 0 Å². The zero-order chi connectivity index (χ0) is 15.4. The Morgan fingerprint density at radius 3 is 2.52 bits per heavy atom. The summed E-state index contributed by atoms with van der Waals surface area (Å²) in [6.07, 6.45) is 1.54. The predicted molar refractivity (Wildman–Crippen MR) is 77.4 cm³/mol. The van der Waals surface area contributed by atoms with Gasteiger partial charge in [0.15, 0.2) is 0 Å². The van der Waals surface area contributed by atoms with Crippen molar-refractivity contribution in [2.75, 3.05) is 6.61 Å². The molecule has 1 heterocycles. The van der Waals surface area contributed by atoms with Crippen LogP contribution in [0, 0.1) is 0 Å². The first kappa shape index (κ1) is 14.8. The maximum atomic E-state index is 12.2. The Bertz CT molecular complexity index is 616. The van der Waals surface area contributed by atoms with E-state index in [9.17, 15) is 14.7 Å². The highest BCUT2D eigenvalue weighted by Crippen LogP contribution is 2.32. The van der Waals surface area contributed by atoms with Crippen molar-refractivity contribution in [3.8, 4) is 0 Å². The van der Waals surface area contributed by atoms with Gasteiger partial charge in [-0.05, 0) is 25.5 Å². The van der Waals surface area contributed by atoms with Gasteiger partial charge in [0.1, 0.15) is 5.70 Å². The first-order valence-electron chi connectivity index (χ1n) is 6.69. The number of aliphatic carboxylic acids is 1. The van der Waals surface area contributed by atoms with Crippen molar-refractivity contribution in [3.63, 3.8) is 0 Å². The van der Waals surface area contributed by atoms with E-state index in [0.717, 1.165) is 5.56 Å². The summed E-state index contributed by atoms with van der Waals surface area (Å²) < 4.78 is 5.09. The Labute approximate surface area is 122 Å². The van der Waals surface area contributed by atoms with Gasteiger partial charge in [-0.3, -0.25) is 0 Å². The molecule has 0 aromatic heterocycles. The molecule has 1 aromatic rings. The first-order valence-corrected chi connectivity index (χ1v) is 6.69. The second-order valence-corrected chi connectivity index (χ2v) is 4.66. The van der Waals surface area contributed by atoms with Crippen molar-refractivity contribution >= 4 is 11.9 Å². The number of benzene rings is 1. The second-order valence-electron chi connectivity index (χ2n) is 4.66. The van der Waals surface area contributed by atoms with E-state index in [1.807, 2.05) is 30.3 Å². The third-order valence-corrected chi connectivity index (χ3v) is 3.25. The number of allylic oxidation sites excluding steroid dienone is 2. The van der Waals surface area contributed by atoms with Crippen LogP contribution < -0.4 is 5.32 Å². The number of hydrogen-bond donors (Lipinski definition) is 2. The minimum absolute atomic E-state index is 0.0643. The summed E-state index contributed by atoms with van der Waals surface area (Å²) in [5.74, 6) is -1.92. The van der Waals surface area contributed by atoms with E-state index >= 15 is 0 Å². The van der Waals surface area contributed by atoms with Crippen LogP contribution in [0.25, 0.3) is 0 Å². The molecule has 21 heavy (non-hydrogen) atoms. The van der Waals surface area contributed by atoms with E-state index in [1.54, 1.807) is 13.8 Å². The molecule has 1 aliphatic heterocycles. The van der Waals surface area contributed by atoms with Crippen LogP contribution >= 0.6 is 0 Å². The molecule has 0 fully saturated rings. The number of nitrogens with one attached hydrogen (secondary N) is 1. The third kappa shape index (κ3) is 3.13. The molecular weight excluding hydrogens is 270 g/mol. The van der Waals surface area contributed by atoms with E-state index in [0.29, 0.717) is 11.3 Å². The third-order valence-electron chi connectivity index (χ3n) is 3.25. The summed E-state index contributed by atoms with van der Waals surface area (Å²) in [6.45, 7) is 3.69. The molecule has 0 unspecified atom stereocenters. The Kier molecular flexibility index (Phi) is 4.42. The lowest BCUT2D eigenvalue weighted by molar-refractivity contribution is -0.139. The van der Waals surface area contributed by atoms with E-state index in [2.05, 4.69) is 5.32 Å². The average molecular weight is 287 g/mol. The smallest absolute Gasteiger partial charge is 0.351 e. The fourth-order valence-corrected chi connectivity index (χ4v) is 2.33. The standard InChI is InChI=1S/C16H17NO4/c1-3-21-16(20)14-10(2)17-13(15(18)19)9-12(14)11-7-5-4-6-8-11/h4-9,12,17H,3H2,1-2H3,(H,18,19)/t12-/m0/s1. The Balaban J connectivity index is 2.48. The number of carboxylic acid groups (broad SMARTS) is 1. The number of carboxylic acids is 1. The zero-order valence-electron chi connectivity index (χ0n) is 11.9. The van der Waals surface area contributed by atoms with E-state index in [1.165, 1.54) is 6.08 Å². The molecule has 1 aliphatic rings. The predicted octanol–water partition coefficient (Wildman–Crippen LogP) is 2.18. The van der Waals surface area contributed by atoms with Crippen LogP contribution in [0.2, 0.25) is 0 Å². The molecule has 1 aromatic carbocycles. The summed E-state index contributed by atoms with van der Waals surface area (Å²) in [5, 5.41) is 11.9. The molecule has 5 heteroatoms. The normalized spacial score (nSPS) is 17.8. The van der Waals surface area contributed by atoms with Gasteiger partial charge < -0.3 is 15.2 Å². The Morgan fingerprint density at radius 1 is 1.29 bits per heavy atom. The molecule has 0 radical (unpaired) electrons. The topological polar surface area (TPSA) is 75.6 Å². The zero-order valence-corrected chi connectivity index (χ0v) is 11.9. The lowest BCUT2D eigenvalue weighted by Crippen LogP contribution is -2.29. The van der Waals surface area contributed by atoms with Crippen LogP contribution in [0.15, 0.2) is 53.4 Å². The molecule has 0 bridgehead atoms. The number of dihydropyridines is 1. The Hall–Kier alpha value is -2.56. The maximum Gasteiger partial charge on any atom is 0.351 e. The summed E-state index contributed by atoms with van der Waals surface area (Å²) in [5.41, 5.74) is 1.85. The first-order chi connectivity index (χ1) is 10.0. The lowest BCUT2D eigenvalue weighted by atomic mass is 9.87. The monoisotopic (exact) mass is 287 g/mol. The molecule has 2 rings (SSSR count). The van der Waals surface area contributed by atoms with Crippen molar-refractivity contribution in [3.05, 3.63) is 58.9 Å². The van der Waals surface area contributed by atoms with Crippen LogP contribution in [-0.2, 0) is 14.3 Å². The number of carbonyl (C=O) groups excluding carboxylic acids is 1. The SMILES string of the molecule is CCOC(=O)C1=C(C)NC(C(=O)O)=C[C@H]1c1ccccc1. The molecule has 0 saturated carbocycles. The highest BCUT2D eigenvalue weighted by molar-refractivity contribution is 5.95. The van der Waals surface area contributed by atoms with Crippen LogP contribution in [0.3, 0.4) is 0 Å². The molecule has 2 N–H and O–H groups in total. The quantitative estimate of drug-likeness (QED) is 0.830. The maximum absolute atomic E-state index is 12.2. The van der Waals surface area contributed by atoms with Gasteiger partial charge in [-0.15, -0.1) is 0 Å². The van der Waals surface area contributed by atoms with Crippen molar-refractivity contribution < 1.29 is 19.4 Å². The van der Waals surface area contributed by atoms with E-state index < -0.39 is 17.9 Å². The lowest BCUT2D eigenvalue weighted by Gasteiger charge is -2.25. The van der Waals surface area contributed by atoms with Gasteiger partial charge in [0.25, 0.3) is 0 Å². The minimum atomic E-state index is -1.06. The van der Waals surface area contributed by atoms with Gasteiger partial charge >= 0.3 is 11.9 Å². The molecule has 110 valence electrons. The fraction of sp³-hybridized carbons (Fsp3) is 0.250. The van der Waals surface area contributed by atoms with Gasteiger partial charge in [0.2, 0.25) is 0 Å². The number of carbonyl (C=O) groups is 2. The minimum Gasteiger partial charge on any atom is -0.477 e. The molecule has 1 atom stereocenters. The van der Waals surface area contributed by atoms with Crippen LogP contribution in [0.1, 0.15) is 25.3 Å². The average Bonchev–Trinajstić information content (AvgIpc) is 2.47. The van der Waals surface area contributed by atoms with Gasteiger partial charge in [-0.25, -0.2) is 9.59 Å². The highest BCUT2D eigenvalue weighted by atomic mass is 16.5. The molecular formula is C16H17NO4. The largest absolute Gasteiger partial charge is 0.477 e. The fourth-order valence-electron chi connectivity index (χ4n) is 2.33. The van der Waals surface area contributed by atoms with Crippen LogP contribution in [-0.4, -0.2) is 23.7 Å². The number of esters is 1. The number of hydrogen-bond acceptors (Lipinski definition) is 4. The van der Waals surface area contributed by atoms with Crippen molar-refractivity contribution in [1.82, 2.24) is 5.32 Å². The second kappa shape index (κ2) is 6.26. The number of ether oxygens (including phenoxy) is 1. The van der Waals surface area contributed by atoms with Crippen molar-refractivity contribution in [1.29, 1.82) is 0 Å². The summed E-state index contributed by atoms with van der Waals surface area (Å²) in [4.78, 5) is 23.4. The summed E-state index contributed by atoms with van der Waals surface area (Å²) in [7, 11) is 0. The molecule has 0 amide bonds. The van der Waals surface area contributed by atoms with E-state index in [-0.39, 0.29) is 12.3 Å². The van der Waals surface area contributed by atoms with Crippen molar-refractivity contribution in [2.24, 2.45) is 0 Å². The molecule has 5 nitrogen and oxygen atoms in total. The van der Waals surface area contributed by atoms with Gasteiger partial charge in [0.05, 0.1) is 12.2 Å². The van der Waals surface area contributed by atoms with Crippen molar-refractivity contribution in [2.45, 2.75) is 19.8 Å². The van der Waals surface area contributed by atoms with E-state index in [4.69, 9.17) is 4.74 Å². The van der Waals surface area contributed by atoms with Crippen LogP contribution in [0.4, 0.5) is 0 Å². The highest BCUT2D eigenvalue weighted by Gasteiger charge is 2.30. The molecule has 0 spiro atoms. The van der Waals surface area contributed by atoms with Gasteiger partial charge in [0, 0.05) is 11.6 Å². The summed E-state index contributed by atoms with van der Waals surface area (Å²) >= 11 is 0. The van der Waals surface area contributed by atoms with Crippen LogP contribution in [0.5, 0.6) is 0 Å².